The predicted octanol–water partition coefficient (Wildman–Crippen LogP) is 0.962. The van der Waals surface area contributed by atoms with Crippen molar-refractivity contribution in [3.8, 4) is 0 Å². The molecule has 21 heavy (non-hydrogen) atoms. The molecule has 0 amide bonds. The fraction of sp³-hybridized carbons (Fsp3) is 0.154. The number of carbonyl (C=O) groups is 1. The fourth-order valence-corrected chi connectivity index (χ4v) is 2.46. The molecule has 0 saturated heterocycles. The van der Waals surface area contributed by atoms with Crippen molar-refractivity contribution in [3.63, 3.8) is 0 Å². The molecule has 0 bridgehead atoms. The maximum atomic E-state index is 12.0. The average molecular weight is 307 g/mol. The molecule has 0 atom stereocenters. The summed E-state index contributed by atoms with van der Waals surface area (Å²) in [6, 6.07) is 5.89. The minimum atomic E-state index is -3.79. The molecule has 7 nitrogen and oxygen atoms in total. The van der Waals surface area contributed by atoms with Gasteiger partial charge < -0.3 is 5.11 Å². The molecule has 2 N–H and O–H groups in total. The van der Waals surface area contributed by atoms with E-state index in [1.165, 1.54) is 6.07 Å². The van der Waals surface area contributed by atoms with Crippen LogP contribution in [-0.2, 0) is 16.6 Å². The molecule has 2 aromatic heterocycles. The van der Waals surface area contributed by atoms with Gasteiger partial charge in [0.1, 0.15) is 0 Å². The molecule has 110 valence electrons. The highest BCUT2D eigenvalue weighted by atomic mass is 32.2. The molecule has 2 aromatic rings. The van der Waals surface area contributed by atoms with E-state index in [1.54, 1.807) is 18.3 Å². The van der Waals surface area contributed by atoms with Crippen molar-refractivity contribution in [2.75, 3.05) is 0 Å². The Bertz CT molecular complexity index is 740. The lowest BCUT2D eigenvalue weighted by Gasteiger charge is -2.06. The molecule has 2 heterocycles. The molecule has 0 aliphatic rings. The predicted molar refractivity (Wildman–Crippen MR) is 74.2 cm³/mol. The smallest absolute Gasteiger partial charge is 0.337 e. The highest BCUT2D eigenvalue weighted by molar-refractivity contribution is 7.89. The first-order valence-corrected chi connectivity index (χ1v) is 7.47. The van der Waals surface area contributed by atoms with Crippen LogP contribution in [-0.4, -0.2) is 29.5 Å². The van der Waals surface area contributed by atoms with Gasteiger partial charge in [-0.15, -0.1) is 0 Å². The Labute approximate surface area is 121 Å². The van der Waals surface area contributed by atoms with Gasteiger partial charge in [0.25, 0.3) is 10.0 Å². The molecule has 0 fully saturated rings. The third-order valence-electron chi connectivity index (χ3n) is 2.70. The van der Waals surface area contributed by atoms with Gasteiger partial charge in [-0.05, 0) is 30.7 Å². The number of carboxylic acid groups (broad SMARTS) is 1. The number of rotatable bonds is 5. The number of pyridine rings is 2. The topological polar surface area (TPSA) is 109 Å². The molecule has 8 heteroatoms. The molecule has 0 saturated carbocycles. The number of sulfonamides is 1. The highest BCUT2D eigenvalue weighted by Gasteiger charge is 2.16. The number of hydrogen-bond acceptors (Lipinski definition) is 5. The van der Waals surface area contributed by atoms with Gasteiger partial charge in [-0.25, -0.2) is 22.9 Å². The van der Waals surface area contributed by atoms with Gasteiger partial charge in [0.15, 0.2) is 5.03 Å². The van der Waals surface area contributed by atoms with Crippen LogP contribution in [0.1, 0.15) is 21.6 Å². The lowest BCUT2D eigenvalue weighted by molar-refractivity contribution is 0.0696. The van der Waals surface area contributed by atoms with Crippen molar-refractivity contribution in [3.05, 3.63) is 53.5 Å². The van der Waals surface area contributed by atoms with Crippen LogP contribution in [0.15, 0.2) is 41.7 Å². The van der Waals surface area contributed by atoms with Gasteiger partial charge in [-0.3, -0.25) is 4.98 Å². The van der Waals surface area contributed by atoms with Crippen LogP contribution in [0, 0.1) is 6.92 Å². The largest absolute Gasteiger partial charge is 0.478 e. The van der Waals surface area contributed by atoms with Gasteiger partial charge in [0.05, 0.1) is 5.56 Å². The van der Waals surface area contributed by atoms with Gasteiger partial charge in [-0.1, -0.05) is 6.07 Å². The van der Waals surface area contributed by atoms with Crippen LogP contribution in [0.25, 0.3) is 0 Å². The summed E-state index contributed by atoms with van der Waals surface area (Å²) in [4.78, 5) is 18.4. The van der Waals surface area contributed by atoms with Crippen molar-refractivity contribution >= 4 is 16.0 Å². The van der Waals surface area contributed by atoms with Crippen LogP contribution >= 0.6 is 0 Å². The third kappa shape index (κ3) is 3.83. The van der Waals surface area contributed by atoms with Crippen molar-refractivity contribution in [2.24, 2.45) is 0 Å². The summed E-state index contributed by atoms with van der Waals surface area (Å²) in [5.41, 5.74) is 1.48. The number of carboxylic acids is 1. The van der Waals surface area contributed by atoms with Crippen molar-refractivity contribution < 1.29 is 18.3 Å². The van der Waals surface area contributed by atoms with Crippen LogP contribution in [0.3, 0.4) is 0 Å². The Morgan fingerprint density at radius 2 is 1.95 bits per heavy atom. The summed E-state index contributed by atoms with van der Waals surface area (Å²) in [6.07, 6.45) is 2.59. The van der Waals surface area contributed by atoms with Crippen molar-refractivity contribution in [1.29, 1.82) is 0 Å². The Morgan fingerprint density at radius 3 is 2.48 bits per heavy atom. The average Bonchev–Trinajstić information content (AvgIpc) is 2.47. The van der Waals surface area contributed by atoms with Crippen molar-refractivity contribution in [1.82, 2.24) is 14.7 Å². The number of aryl methyl sites for hydroxylation is 1. The molecule has 0 aromatic carbocycles. The van der Waals surface area contributed by atoms with E-state index in [0.29, 0.717) is 5.56 Å². The van der Waals surface area contributed by atoms with Gasteiger partial charge >= 0.3 is 5.97 Å². The van der Waals surface area contributed by atoms with Crippen molar-refractivity contribution in [2.45, 2.75) is 18.5 Å². The van der Waals surface area contributed by atoms with Gasteiger partial charge in [0, 0.05) is 24.6 Å². The molecule has 0 radical (unpaired) electrons. The highest BCUT2D eigenvalue weighted by Crippen LogP contribution is 2.08. The number of nitrogens with zero attached hydrogens (tertiary/aromatic N) is 2. The summed E-state index contributed by atoms with van der Waals surface area (Å²) in [5.74, 6) is -1.16. The summed E-state index contributed by atoms with van der Waals surface area (Å²) in [6.45, 7) is 1.92. The molecule has 0 aliphatic carbocycles. The zero-order valence-corrected chi connectivity index (χ0v) is 12.0. The lowest BCUT2D eigenvalue weighted by Crippen LogP contribution is -2.24. The van der Waals surface area contributed by atoms with E-state index >= 15 is 0 Å². The first-order valence-electron chi connectivity index (χ1n) is 5.99. The van der Waals surface area contributed by atoms with Gasteiger partial charge in [-0.2, -0.15) is 0 Å². The lowest BCUT2D eigenvalue weighted by atomic mass is 10.2. The molecule has 0 aliphatic heterocycles. The minimum Gasteiger partial charge on any atom is -0.478 e. The number of nitrogens with one attached hydrogen (secondary N) is 1. The Morgan fingerprint density at radius 1 is 1.19 bits per heavy atom. The summed E-state index contributed by atoms with van der Waals surface area (Å²) in [7, 11) is -3.79. The quantitative estimate of drug-likeness (QED) is 0.851. The Balaban J connectivity index is 2.11. The van der Waals surface area contributed by atoms with E-state index in [4.69, 9.17) is 5.11 Å². The van der Waals surface area contributed by atoms with E-state index in [2.05, 4.69) is 14.7 Å². The van der Waals surface area contributed by atoms with E-state index in [1.807, 2.05) is 6.92 Å². The Kier molecular flexibility index (Phi) is 4.29. The first-order chi connectivity index (χ1) is 9.88. The third-order valence-corrected chi connectivity index (χ3v) is 4.01. The summed E-state index contributed by atoms with van der Waals surface area (Å²) in [5, 5.41) is 8.51. The normalized spacial score (nSPS) is 11.3. The maximum absolute atomic E-state index is 12.0. The fourth-order valence-electron chi connectivity index (χ4n) is 1.52. The molecule has 0 unspecified atom stereocenters. The van der Waals surface area contributed by atoms with Gasteiger partial charge in [0.2, 0.25) is 0 Å². The summed E-state index contributed by atoms with van der Waals surface area (Å²) >= 11 is 0. The standard InChI is InChI=1S/C13H13N3O4S/c1-9-2-3-10(6-14-9)7-16-21(19,20)12-5-4-11(8-15-12)13(17)18/h2-6,8,16H,7H2,1H3,(H,17,18). The number of aromatic carboxylic acids is 1. The van der Waals surface area contributed by atoms with E-state index in [9.17, 15) is 13.2 Å². The monoisotopic (exact) mass is 307 g/mol. The zero-order chi connectivity index (χ0) is 15.5. The molecular weight excluding hydrogens is 294 g/mol. The number of hydrogen-bond donors (Lipinski definition) is 2. The Hall–Kier alpha value is -2.32. The maximum Gasteiger partial charge on any atom is 0.337 e. The second-order valence-corrected chi connectivity index (χ2v) is 6.04. The van der Waals surface area contributed by atoms with Crippen LogP contribution < -0.4 is 4.72 Å². The summed E-state index contributed by atoms with van der Waals surface area (Å²) < 4.78 is 26.4. The zero-order valence-electron chi connectivity index (χ0n) is 11.1. The van der Waals surface area contributed by atoms with Crippen LogP contribution in [0.5, 0.6) is 0 Å². The first kappa shape index (κ1) is 15.1. The van der Waals surface area contributed by atoms with Crippen LogP contribution in [0.4, 0.5) is 0 Å². The minimum absolute atomic E-state index is 0.0725. The molecule has 2 rings (SSSR count). The second kappa shape index (κ2) is 5.98. The second-order valence-electron chi connectivity index (χ2n) is 4.32. The van der Waals surface area contributed by atoms with E-state index < -0.39 is 16.0 Å². The molecular formula is C13H13N3O4S. The molecule has 0 spiro atoms. The van der Waals surface area contributed by atoms with Crippen LogP contribution in [0.2, 0.25) is 0 Å². The van der Waals surface area contributed by atoms with E-state index in [-0.39, 0.29) is 17.1 Å². The number of aromatic nitrogens is 2. The SMILES string of the molecule is Cc1ccc(CNS(=O)(=O)c2ccc(C(=O)O)cn2)cn1. The van der Waals surface area contributed by atoms with E-state index in [0.717, 1.165) is 18.0 Å².